The van der Waals surface area contributed by atoms with Gasteiger partial charge in [0.2, 0.25) is 10.0 Å². The highest BCUT2D eigenvalue weighted by Gasteiger charge is 2.18. The molecule has 0 fully saturated rings. The molecule has 0 saturated heterocycles. The van der Waals surface area contributed by atoms with Crippen molar-refractivity contribution in [3.8, 4) is 6.07 Å². The van der Waals surface area contributed by atoms with Gasteiger partial charge in [0, 0.05) is 6.04 Å². The van der Waals surface area contributed by atoms with E-state index in [1.54, 1.807) is 25.1 Å². The second-order valence-electron chi connectivity index (χ2n) is 4.65. The lowest BCUT2D eigenvalue weighted by Gasteiger charge is -2.15. The van der Waals surface area contributed by atoms with Crippen LogP contribution in [0.15, 0.2) is 47.4 Å². The van der Waals surface area contributed by atoms with Crippen molar-refractivity contribution in [2.75, 3.05) is 0 Å². The van der Waals surface area contributed by atoms with Crippen LogP contribution in [-0.4, -0.2) is 8.42 Å². The van der Waals surface area contributed by atoms with Gasteiger partial charge in [-0.3, -0.25) is 0 Å². The second-order valence-corrected chi connectivity index (χ2v) is 7.18. The van der Waals surface area contributed by atoms with Gasteiger partial charge in [0.05, 0.1) is 26.6 Å². The molecule has 0 bridgehead atoms. The summed E-state index contributed by atoms with van der Waals surface area (Å²) in [5.41, 5.74) is 1.10. The van der Waals surface area contributed by atoms with Gasteiger partial charge in [-0.05, 0) is 48.9 Å². The number of hydrogen-bond donors (Lipinski definition) is 1. The number of benzene rings is 2. The standard InChI is InChI=1S/C15H12Cl2N2O2S/c1-10(12-4-7-14(16)15(17)8-12)19-22(20,21)13-5-2-11(9-18)3-6-13/h2-8,10,19H,1H3. The summed E-state index contributed by atoms with van der Waals surface area (Å²) < 4.78 is 27.2. The fraction of sp³-hybridized carbons (Fsp3) is 0.133. The molecule has 1 N–H and O–H groups in total. The third kappa shape index (κ3) is 3.79. The van der Waals surface area contributed by atoms with Crippen molar-refractivity contribution in [1.82, 2.24) is 4.72 Å². The Balaban J connectivity index is 2.23. The minimum atomic E-state index is -3.69. The van der Waals surface area contributed by atoms with Crippen LogP contribution in [0.1, 0.15) is 24.1 Å². The van der Waals surface area contributed by atoms with Crippen LogP contribution in [0.5, 0.6) is 0 Å². The summed E-state index contributed by atoms with van der Waals surface area (Å²) in [7, 11) is -3.69. The molecule has 4 nitrogen and oxygen atoms in total. The minimum absolute atomic E-state index is 0.0958. The van der Waals surface area contributed by atoms with Crippen LogP contribution in [0.25, 0.3) is 0 Å². The minimum Gasteiger partial charge on any atom is -0.207 e. The molecule has 0 aliphatic rings. The Morgan fingerprint density at radius 1 is 1.09 bits per heavy atom. The van der Waals surface area contributed by atoms with E-state index in [0.29, 0.717) is 21.2 Å². The molecule has 1 unspecified atom stereocenters. The average molecular weight is 355 g/mol. The Bertz CT molecular complexity index is 828. The Labute approximate surface area is 139 Å². The molecular weight excluding hydrogens is 343 g/mol. The predicted molar refractivity (Wildman–Crippen MR) is 86.4 cm³/mol. The summed E-state index contributed by atoms with van der Waals surface area (Å²) in [5, 5.41) is 9.51. The largest absolute Gasteiger partial charge is 0.241 e. The van der Waals surface area contributed by atoms with Gasteiger partial charge in [-0.15, -0.1) is 0 Å². The van der Waals surface area contributed by atoms with Gasteiger partial charge < -0.3 is 0 Å². The van der Waals surface area contributed by atoms with E-state index in [9.17, 15) is 8.42 Å². The van der Waals surface area contributed by atoms with Crippen LogP contribution < -0.4 is 4.72 Å². The molecule has 22 heavy (non-hydrogen) atoms. The van der Waals surface area contributed by atoms with Crippen molar-refractivity contribution in [3.63, 3.8) is 0 Å². The molecule has 2 rings (SSSR count). The van der Waals surface area contributed by atoms with Gasteiger partial charge in [-0.1, -0.05) is 29.3 Å². The van der Waals surface area contributed by atoms with Crippen molar-refractivity contribution >= 4 is 33.2 Å². The first-order valence-electron chi connectivity index (χ1n) is 6.31. The Hall–Kier alpha value is -1.58. The summed E-state index contributed by atoms with van der Waals surface area (Å²) in [6.07, 6.45) is 0. The molecule has 0 aliphatic carbocycles. The lowest BCUT2D eigenvalue weighted by Crippen LogP contribution is -2.26. The normalized spacial score (nSPS) is 12.6. The molecule has 2 aromatic carbocycles. The zero-order valence-corrected chi connectivity index (χ0v) is 13.9. The van der Waals surface area contributed by atoms with Gasteiger partial charge in [-0.25, -0.2) is 13.1 Å². The first-order valence-corrected chi connectivity index (χ1v) is 8.55. The molecule has 2 aromatic rings. The van der Waals surface area contributed by atoms with E-state index in [4.69, 9.17) is 28.5 Å². The van der Waals surface area contributed by atoms with E-state index in [1.165, 1.54) is 24.3 Å². The van der Waals surface area contributed by atoms with E-state index in [1.807, 2.05) is 6.07 Å². The van der Waals surface area contributed by atoms with E-state index < -0.39 is 16.1 Å². The number of rotatable bonds is 4. The molecule has 0 aliphatic heterocycles. The monoisotopic (exact) mass is 354 g/mol. The number of hydrogen-bond acceptors (Lipinski definition) is 3. The maximum Gasteiger partial charge on any atom is 0.241 e. The van der Waals surface area contributed by atoms with Crippen molar-refractivity contribution in [2.45, 2.75) is 17.9 Å². The van der Waals surface area contributed by atoms with Crippen LogP contribution in [0.3, 0.4) is 0 Å². The molecule has 1 atom stereocenters. The van der Waals surface area contributed by atoms with E-state index in [2.05, 4.69) is 4.72 Å². The fourth-order valence-electron chi connectivity index (χ4n) is 1.86. The number of nitrogens with one attached hydrogen (secondary N) is 1. The molecule has 0 aromatic heterocycles. The SMILES string of the molecule is CC(NS(=O)(=O)c1ccc(C#N)cc1)c1ccc(Cl)c(Cl)c1. The van der Waals surface area contributed by atoms with Gasteiger partial charge in [0.1, 0.15) is 0 Å². The van der Waals surface area contributed by atoms with Crippen LogP contribution in [0.2, 0.25) is 10.0 Å². The smallest absolute Gasteiger partial charge is 0.207 e. The lowest BCUT2D eigenvalue weighted by molar-refractivity contribution is 0.567. The average Bonchev–Trinajstić information content (AvgIpc) is 2.49. The maximum atomic E-state index is 12.3. The first-order chi connectivity index (χ1) is 10.3. The molecule has 0 saturated carbocycles. The van der Waals surface area contributed by atoms with E-state index >= 15 is 0 Å². The van der Waals surface area contributed by atoms with Crippen LogP contribution in [0.4, 0.5) is 0 Å². The second kappa shape index (κ2) is 6.67. The molecule has 0 spiro atoms. The molecule has 0 amide bonds. The Morgan fingerprint density at radius 3 is 2.27 bits per heavy atom. The molecule has 114 valence electrons. The van der Waals surface area contributed by atoms with Gasteiger partial charge >= 0.3 is 0 Å². The molecular formula is C15H12Cl2N2O2S. The highest BCUT2D eigenvalue weighted by atomic mass is 35.5. The van der Waals surface area contributed by atoms with E-state index in [-0.39, 0.29) is 4.90 Å². The zero-order valence-electron chi connectivity index (χ0n) is 11.5. The lowest BCUT2D eigenvalue weighted by atomic mass is 10.1. The number of nitriles is 1. The van der Waals surface area contributed by atoms with Crippen LogP contribution in [0, 0.1) is 11.3 Å². The third-order valence-corrected chi connectivity index (χ3v) is 5.36. The first kappa shape index (κ1) is 16.8. The molecule has 7 heteroatoms. The summed E-state index contributed by atoms with van der Waals surface area (Å²) in [6, 6.07) is 12.1. The third-order valence-electron chi connectivity index (χ3n) is 3.07. The van der Waals surface area contributed by atoms with Crippen molar-refractivity contribution in [1.29, 1.82) is 5.26 Å². The van der Waals surface area contributed by atoms with Gasteiger partial charge in [-0.2, -0.15) is 5.26 Å². The van der Waals surface area contributed by atoms with E-state index in [0.717, 1.165) is 0 Å². The maximum absolute atomic E-state index is 12.3. The summed E-state index contributed by atoms with van der Waals surface area (Å²) in [4.78, 5) is 0.0958. The Morgan fingerprint density at radius 2 is 1.73 bits per heavy atom. The van der Waals surface area contributed by atoms with Crippen LogP contribution in [-0.2, 0) is 10.0 Å². The van der Waals surface area contributed by atoms with Crippen molar-refractivity contribution in [3.05, 3.63) is 63.6 Å². The highest BCUT2D eigenvalue weighted by Crippen LogP contribution is 2.26. The molecule has 0 radical (unpaired) electrons. The number of sulfonamides is 1. The summed E-state index contributed by atoms with van der Waals surface area (Å²) in [6.45, 7) is 1.71. The quantitative estimate of drug-likeness (QED) is 0.904. The fourth-order valence-corrected chi connectivity index (χ4v) is 3.40. The molecule has 0 heterocycles. The van der Waals surface area contributed by atoms with Gasteiger partial charge in [0.15, 0.2) is 0 Å². The topological polar surface area (TPSA) is 70.0 Å². The number of halogens is 2. The Kier molecular flexibility index (Phi) is 5.09. The highest BCUT2D eigenvalue weighted by molar-refractivity contribution is 7.89. The number of nitrogens with zero attached hydrogens (tertiary/aromatic N) is 1. The van der Waals surface area contributed by atoms with Gasteiger partial charge in [0.25, 0.3) is 0 Å². The summed E-state index contributed by atoms with van der Waals surface area (Å²) >= 11 is 11.8. The van der Waals surface area contributed by atoms with Crippen molar-refractivity contribution < 1.29 is 8.42 Å². The zero-order chi connectivity index (χ0) is 16.3. The predicted octanol–water partition coefficient (Wildman–Crippen LogP) is 3.90. The van der Waals surface area contributed by atoms with Crippen molar-refractivity contribution in [2.24, 2.45) is 0 Å². The van der Waals surface area contributed by atoms with Crippen LogP contribution >= 0.6 is 23.2 Å². The summed E-state index contributed by atoms with van der Waals surface area (Å²) in [5.74, 6) is 0.